The molecule has 0 bridgehead atoms. The van der Waals surface area contributed by atoms with Gasteiger partial charge in [0.25, 0.3) is 0 Å². The van der Waals surface area contributed by atoms with Crippen LogP contribution < -0.4 is 10.1 Å². The number of fused-ring (bicyclic) bond motifs is 2. The molecule has 0 saturated heterocycles. The smallest absolute Gasteiger partial charge is 0.250 e. The van der Waals surface area contributed by atoms with Crippen LogP contribution in [0.1, 0.15) is 23.6 Å². The Morgan fingerprint density at radius 2 is 1.88 bits per heavy atom. The van der Waals surface area contributed by atoms with E-state index in [1.165, 1.54) is 16.9 Å². The van der Waals surface area contributed by atoms with E-state index in [0.29, 0.717) is 10.9 Å². The Kier molecular flexibility index (Phi) is 5.67. The molecule has 5 aromatic rings. The summed E-state index contributed by atoms with van der Waals surface area (Å²) in [5.74, 6) is 0.459. The van der Waals surface area contributed by atoms with E-state index in [1.54, 1.807) is 19.4 Å². The van der Waals surface area contributed by atoms with Crippen molar-refractivity contribution in [1.82, 2.24) is 4.98 Å². The molecule has 0 aliphatic heterocycles. The maximum absolute atomic E-state index is 12.8. The molecule has 5 rings (SSSR count). The third-order valence-corrected chi connectivity index (χ3v) is 6.86. The highest BCUT2D eigenvalue weighted by Gasteiger charge is 2.19. The number of nitrogens with one attached hydrogen (secondary N) is 1. The predicted octanol–water partition coefficient (Wildman–Crippen LogP) is 7.38. The minimum atomic E-state index is -0.234. The molecule has 0 atom stereocenters. The molecule has 34 heavy (non-hydrogen) atoms. The highest BCUT2D eigenvalue weighted by molar-refractivity contribution is 7.22. The molecule has 0 fully saturated rings. The van der Waals surface area contributed by atoms with Crippen LogP contribution in [0.5, 0.6) is 5.75 Å². The third-order valence-electron chi connectivity index (χ3n) is 5.91. The van der Waals surface area contributed by atoms with Gasteiger partial charge in [0.1, 0.15) is 11.3 Å². The predicted molar refractivity (Wildman–Crippen MR) is 140 cm³/mol. The largest absolute Gasteiger partial charge is 0.496 e. The molecule has 2 heterocycles. The first-order valence-corrected chi connectivity index (χ1v) is 11.8. The van der Waals surface area contributed by atoms with Gasteiger partial charge in [0, 0.05) is 28.2 Å². The van der Waals surface area contributed by atoms with Gasteiger partial charge in [0.2, 0.25) is 5.91 Å². The number of benzene rings is 3. The van der Waals surface area contributed by atoms with Crippen molar-refractivity contribution in [3.8, 4) is 16.9 Å². The Labute approximate surface area is 201 Å². The van der Waals surface area contributed by atoms with Crippen LogP contribution >= 0.6 is 11.3 Å². The van der Waals surface area contributed by atoms with Crippen LogP contribution in [-0.2, 0) is 4.79 Å². The zero-order valence-electron chi connectivity index (χ0n) is 19.4. The summed E-state index contributed by atoms with van der Waals surface area (Å²) in [5.41, 5.74) is 7.47. The number of furan rings is 1. The third kappa shape index (κ3) is 3.97. The van der Waals surface area contributed by atoms with Crippen LogP contribution in [0.25, 0.3) is 37.9 Å². The Morgan fingerprint density at radius 1 is 1.12 bits per heavy atom. The number of anilines is 1. The monoisotopic (exact) mass is 468 g/mol. The van der Waals surface area contributed by atoms with E-state index in [0.717, 1.165) is 49.0 Å². The van der Waals surface area contributed by atoms with E-state index in [4.69, 9.17) is 9.15 Å². The first-order chi connectivity index (χ1) is 16.4. The fraction of sp³-hybridized carbons (Fsp3) is 0.143. The number of thiazole rings is 1. The molecule has 1 amide bonds. The van der Waals surface area contributed by atoms with Crippen molar-refractivity contribution < 1.29 is 13.9 Å². The van der Waals surface area contributed by atoms with Gasteiger partial charge in [-0.2, -0.15) is 0 Å². The molecule has 0 aliphatic carbocycles. The average Bonchev–Trinajstić information content (AvgIpc) is 3.43. The summed E-state index contributed by atoms with van der Waals surface area (Å²) >= 11 is 1.45. The number of nitrogens with zero attached hydrogens (tertiary/aromatic N) is 1. The lowest BCUT2D eigenvalue weighted by molar-refractivity contribution is -0.111. The fourth-order valence-corrected chi connectivity index (χ4v) is 5.04. The molecule has 0 radical (unpaired) electrons. The highest BCUT2D eigenvalue weighted by atomic mass is 32.1. The molecule has 0 unspecified atom stereocenters. The SMILES string of the molecule is COc1c(/C(C)=C/C(=O)Nc2nc3ccccc3s2)cc2c(-c3ccc(C)cc3)coc2c1C. The topological polar surface area (TPSA) is 64.4 Å². The van der Waals surface area contributed by atoms with Gasteiger partial charge in [0.15, 0.2) is 5.13 Å². The number of carbonyl (C=O) groups is 1. The van der Waals surface area contributed by atoms with Gasteiger partial charge in [-0.05, 0) is 50.1 Å². The van der Waals surface area contributed by atoms with Gasteiger partial charge in [-0.25, -0.2) is 4.98 Å². The molecule has 6 heteroatoms. The maximum Gasteiger partial charge on any atom is 0.250 e. The van der Waals surface area contributed by atoms with E-state index >= 15 is 0 Å². The van der Waals surface area contributed by atoms with Crippen molar-refractivity contribution in [2.45, 2.75) is 20.8 Å². The van der Waals surface area contributed by atoms with Crippen LogP contribution in [0.3, 0.4) is 0 Å². The molecule has 0 spiro atoms. The number of aryl methyl sites for hydroxylation is 2. The lowest BCUT2D eigenvalue weighted by Gasteiger charge is -2.13. The number of methoxy groups -OCH3 is 1. The second-order valence-electron chi connectivity index (χ2n) is 8.28. The van der Waals surface area contributed by atoms with Crippen LogP contribution in [0.15, 0.2) is 71.4 Å². The minimum Gasteiger partial charge on any atom is -0.496 e. The van der Waals surface area contributed by atoms with Crippen LogP contribution in [0.2, 0.25) is 0 Å². The molecule has 5 nitrogen and oxygen atoms in total. The number of carbonyl (C=O) groups excluding carboxylic acids is 1. The van der Waals surface area contributed by atoms with E-state index in [1.807, 2.05) is 44.2 Å². The first kappa shape index (κ1) is 21.9. The van der Waals surface area contributed by atoms with E-state index in [-0.39, 0.29) is 5.91 Å². The lowest BCUT2D eigenvalue weighted by atomic mass is 9.96. The molecular formula is C28H24N2O3S. The molecule has 3 aromatic carbocycles. The summed E-state index contributed by atoms with van der Waals surface area (Å²) < 4.78 is 12.7. The van der Waals surface area contributed by atoms with Crippen molar-refractivity contribution in [2.24, 2.45) is 0 Å². The van der Waals surface area contributed by atoms with Gasteiger partial charge in [0.05, 0.1) is 23.6 Å². The summed E-state index contributed by atoms with van der Waals surface area (Å²) in [6.07, 6.45) is 3.37. The summed E-state index contributed by atoms with van der Waals surface area (Å²) in [6, 6.07) is 18.2. The number of rotatable bonds is 5. The van der Waals surface area contributed by atoms with Crippen LogP contribution in [-0.4, -0.2) is 18.0 Å². The van der Waals surface area contributed by atoms with Crippen molar-refractivity contribution in [3.05, 3.63) is 83.6 Å². The second kappa shape index (κ2) is 8.80. The summed E-state index contributed by atoms with van der Waals surface area (Å²) in [5, 5.41) is 4.45. The number of hydrogen-bond donors (Lipinski definition) is 1. The number of para-hydroxylation sites is 1. The van der Waals surface area contributed by atoms with Crippen molar-refractivity contribution in [3.63, 3.8) is 0 Å². The maximum atomic E-state index is 12.8. The minimum absolute atomic E-state index is 0.234. The fourth-order valence-electron chi connectivity index (χ4n) is 4.17. The zero-order valence-corrected chi connectivity index (χ0v) is 20.2. The first-order valence-electron chi connectivity index (χ1n) is 11.0. The number of amides is 1. The quantitative estimate of drug-likeness (QED) is 0.273. The zero-order chi connectivity index (χ0) is 23.8. The second-order valence-corrected chi connectivity index (χ2v) is 9.31. The summed E-state index contributed by atoms with van der Waals surface area (Å²) in [4.78, 5) is 17.3. The summed E-state index contributed by atoms with van der Waals surface area (Å²) in [6.45, 7) is 5.95. The Hall–Kier alpha value is -3.90. The van der Waals surface area contributed by atoms with Crippen molar-refractivity contribution in [2.75, 3.05) is 12.4 Å². The van der Waals surface area contributed by atoms with Gasteiger partial charge < -0.3 is 9.15 Å². The Bertz CT molecular complexity index is 1530. The van der Waals surface area contributed by atoms with Gasteiger partial charge >= 0.3 is 0 Å². The van der Waals surface area contributed by atoms with Crippen LogP contribution in [0, 0.1) is 13.8 Å². The number of hydrogen-bond acceptors (Lipinski definition) is 5. The lowest BCUT2D eigenvalue weighted by Crippen LogP contribution is -2.08. The average molecular weight is 469 g/mol. The standard InChI is InChI=1S/C28H24N2O3S/c1-16-9-11-19(12-10-16)22-15-33-27-18(3)26(32-4)20(14-21(22)27)17(2)13-25(31)30-28-29-23-7-5-6-8-24(23)34-28/h5-15H,1-4H3,(H,29,30,31)/b17-13+. The number of allylic oxidation sites excluding steroid dienone is 1. The molecule has 170 valence electrons. The van der Waals surface area contributed by atoms with Crippen molar-refractivity contribution >= 4 is 49.1 Å². The highest BCUT2D eigenvalue weighted by Crippen LogP contribution is 2.40. The van der Waals surface area contributed by atoms with Crippen molar-refractivity contribution in [1.29, 1.82) is 0 Å². The normalized spacial score (nSPS) is 11.8. The van der Waals surface area contributed by atoms with Gasteiger partial charge in [-0.1, -0.05) is 53.3 Å². The van der Waals surface area contributed by atoms with E-state index < -0.39 is 0 Å². The van der Waals surface area contributed by atoms with Gasteiger partial charge in [-0.15, -0.1) is 0 Å². The molecule has 0 saturated carbocycles. The molecule has 1 N–H and O–H groups in total. The Morgan fingerprint density at radius 3 is 2.62 bits per heavy atom. The van der Waals surface area contributed by atoms with Crippen LogP contribution in [0.4, 0.5) is 5.13 Å². The van der Waals surface area contributed by atoms with Gasteiger partial charge in [-0.3, -0.25) is 10.1 Å². The Balaban J connectivity index is 1.53. The van der Waals surface area contributed by atoms with E-state index in [9.17, 15) is 4.79 Å². The summed E-state index contributed by atoms with van der Waals surface area (Å²) in [7, 11) is 1.63. The van der Waals surface area contributed by atoms with E-state index in [2.05, 4.69) is 41.5 Å². The number of ether oxygens (including phenoxy) is 1. The molecule has 0 aliphatic rings. The number of aromatic nitrogens is 1. The molecular weight excluding hydrogens is 444 g/mol. The molecule has 2 aromatic heterocycles.